The standard InChI is InChI=1S/C16H16ClN3O/c17-13-5-1-11(2-6-13)9-10-18-16(21)15-8-7-14(19-20-15)12-3-4-12/h1-2,5-8,12H,3-4,9-10H2,(H,18,21). The molecule has 1 N–H and O–H groups in total. The minimum Gasteiger partial charge on any atom is -0.350 e. The maximum Gasteiger partial charge on any atom is 0.271 e. The van der Waals surface area contributed by atoms with E-state index >= 15 is 0 Å². The summed E-state index contributed by atoms with van der Waals surface area (Å²) in [7, 11) is 0. The van der Waals surface area contributed by atoms with Crippen molar-refractivity contribution >= 4 is 17.5 Å². The van der Waals surface area contributed by atoms with E-state index in [1.54, 1.807) is 6.07 Å². The van der Waals surface area contributed by atoms with Crippen LogP contribution < -0.4 is 5.32 Å². The van der Waals surface area contributed by atoms with E-state index in [-0.39, 0.29) is 5.91 Å². The third kappa shape index (κ3) is 3.79. The number of amides is 1. The van der Waals surface area contributed by atoms with Gasteiger partial charge in [0.25, 0.3) is 5.91 Å². The fourth-order valence-corrected chi connectivity index (χ4v) is 2.25. The molecule has 0 atom stereocenters. The molecule has 0 bridgehead atoms. The van der Waals surface area contributed by atoms with E-state index in [0.29, 0.717) is 23.2 Å². The Morgan fingerprint density at radius 1 is 1.14 bits per heavy atom. The summed E-state index contributed by atoms with van der Waals surface area (Å²) in [6, 6.07) is 11.3. The number of hydrogen-bond acceptors (Lipinski definition) is 3. The van der Waals surface area contributed by atoms with Crippen LogP contribution >= 0.6 is 11.6 Å². The summed E-state index contributed by atoms with van der Waals surface area (Å²) >= 11 is 5.83. The zero-order valence-electron chi connectivity index (χ0n) is 11.6. The fraction of sp³-hybridized carbons (Fsp3) is 0.312. The number of benzene rings is 1. The fourth-order valence-electron chi connectivity index (χ4n) is 2.12. The molecule has 0 saturated heterocycles. The maximum absolute atomic E-state index is 12.0. The lowest BCUT2D eigenvalue weighted by Crippen LogP contribution is -2.26. The zero-order valence-corrected chi connectivity index (χ0v) is 12.3. The number of nitrogens with zero attached hydrogens (tertiary/aromatic N) is 2. The number of nitrogens with one attached hydrogen (secondary N) is 1. The number of hydrogen-bond donors (Lipinski definition) is 1. The molecule has 1 aliphatic rings. The molecule has 0 radical (unpaired) electrons. The molecule has 108 valence electrons. The predicted octanol–water partition coefficient (Wildman–Crippen LogP) is 2.98. The summed E-state index contributed by atoms with van der Waals surface area (Å²) in [5.74, 6) is 0.373. The van der Waals surface area contributed by atoms with E-state index in [2.05, 4.69) is 15.5 Å². The molecule has 2 aromatic rings. The molecule has 1 aromatic heterocycles. The maximum atomic E-state index is 12.0. The monoisotopic (exact) mass is 301 g/mol. The lowest BCUT2D eigenvalue weighted by molar-refractivity contribution is 0.0948. The van der Waals surface area contributed by atoms with Crippen LogP contribution in [-0.4, -0.2) is 22.6 Å². The van der Waals surface area contributed by atoms with E-state index in [4.69, 9.17) is 11.6 Å². The average molecular weight is 302 g/mol. The number of carbonyl (C=O) groups is 1. The van der Waals surface area contributed by atoms with Gasteiger partial charge in [-0.3, -0.25) is 4.79 Å². The third-order valence-corrected chi connectivity index (χ3v) is 3.78. The third-order valence-electron chi connectivity index (χ3n) is 3.53. The Morgan fingerprint density at radius 2 is 1.90 bits per heavy atom. The Bertz CT molecular complexity index is 621. The van der Waals surface area contributed by atoms with Crippen LogP contribution in [0.25, 0.3) is 0 Å². The van der Waals surface area contributed by atoms with Crippen LogP contribution in [0.2, 0.25) is 5.02 Å². The highest BCUT2D eigenvalue weighted by molar-refractivity contribution is 6.30. The molecule has 0 unspecified atom stereocenters. The quantitative estimate of drug-likeness (QED) is 0.923. The van der Waals surface area contributed by atoms with E-state index in [0.717, 1.165) is 17.7 Å². The van der Waals surface area contributed by atoms with Gasteiger partial charge in [0.05, 0.1) is 5.69 Å². The number of carbonyl (C=O) groups excluding carboxylic acids is 1. The highest BCUT2D eigenvalue weighted by Gasteiger charge is 2.25. The summed E-state index contributed by atoms with van der Waals surface area (Å²) in [5.41, 5.74) is 2.50. The second kappa shape index (κ2) is 6.22. The normalized spacial score (nSPS) is 14.0. The van der Waals surface area contributed by atoms with Crippen molar-refractivity contribution in [2.75, 3.05) is 6.54 Å². The number of rotatable bonds is 5. The molecule has 1 fully saturated rings. The van der Waals surface area contributed by atoms with Crippen molar-refractivity contribution in [3.05, 3.63) is 58.4 Å². The second-order valence-corrected chi connectivity index (χ2v) is 5.69. The van der Waals surface area contributed by atoms with Crippen molar-refractivity contribution < 1.29 is 4.79 Å². The molecular formula is C16H16ClN3O. The number of halogens is 1. The molecule has 4 nitrogen and oxygen atoms in total. The topological polar surface area (TPSA) is 54.9 Å². The molecule has 3 rings (SSSR count). The van der Waals surface area contributed by atoms with Gasteiger partial charge < -0.3 is 5.32 Å². The van der Waals surface area contributed by atoms with E-state index in [9.17, 15) is 4.79 Å². The first kappa shape index (κ1) is 14.0. The van der Waals surface area contributed by atoms with E-state index in [1.807, 2.05) is 30.3 Å². The molecule has 1 aliphatic carbocycles. The van der Waals surface area contributed by atoms with Crippen molar-refractivity contribution in [2.24, 2.45) is 0 Å². The Morgan fingerprint density at radius 3 is 2.52 bits per heavy atom. The predicted molar refractivity (Wildman–Crippen MR) is 81.5 cm³/mol. The minimum atomic E-state index is -0.182. The van der Waals surface area contributed by atoms with Gasteiger partial charge >= 0.3 is 0 Å². The molecule has 0 spiro atoms. The highest BCUT2D eigenvalue weighted by Crippen LogP contribution is 2.38. The Hall–Kier alpha value is -1.94. The van der Waals surface area contributed by atoms with Crippen LogP contribution in [0.1, 0.15) is 40.5 Å². The SMILES string of the molecule is O=C(NCCc1ccc(Cl)cc1)c1ccc(C2CC2)nn1. The molecule has 5 heteroatoms. The summed E-state index contributed by atoms with van der Waals surface area (Å²) in [6.07, 6.45) is 3.12. The van der Waals surface area contributed by atoms with Gasteiger partial charge in [-0.05, 0) is 49.1 Å². The molecule has 1 aromatic carbocycles. The van der Waals surface area contributed by atoms with Crippen LogP contribution in [0.15, 0.2) is 36.4 Å². The molecule has 1 heterocycles. The summed E-state index contributed by atoms with van der Waals surface area (Å²) in [5, 5.41) is 11.7. The molecule has 1 amide bonds. The van der Waals surface area contributed by atoms with Gasteiger partial charge in [-0.15, -0.1) is 5.10 Å². The van der Waals surface area contributed by atoms with Crippen LogP contribution in [-0.2, 0) is 6.42 Å². The van der Waals surface area contributed by atoms with Crippen LogP contribution in [0.3, 0.4) is 0 Å². The first-order chi connectivity index (χ1) is 10.2. The van der Waals surface area contributed by atoms with Crippen LogP contribution in [0, 0.1) is 0 Å². The average Bonchev–Trinajstić information content (AvgIpc) is 3.34. The lowest BCUT2D eigenvalue weighted by atomic mass is 10.1. The van der Waals surface area contributed by atoms with Crippen LogP contribution in [0.5, 0.6) is 0 Å². The Labute approximate surface area is 128 Å². The molecule has 21 heavy (non-hydrogen) atoms. The van der Waals surface area contributed by atoms with Crippen molar-refractivity contribution in [1.82, 2.24) is 15.5 Å². The van der Waals surface area contributed by atoms with Gasteiger partial charge in [0.15, 0.2) is 5.69 Å². The first-order valence-corrected chi connectivity index (χ1v) is 7.46. The highest BCUT2D eigenvalue weighted by atomic mass is 35.5. The lowest BCUT2D eigenvalue weighted by Gasteiger charge is -2.05. The van der Waals surface area contributed by atoms with Crippen molar-refractivity contribution in [3.63, 3.8) is 0 Å². The summed E-state index contributed by atoms with van der Waals surface area (Å²) in [4.78, 5) is 12.0. The van der Waals surface area contributed by atoms with Gasteiger partial charge in [-0.1, -0.05) is 23.7 Å². The van der Waals surface area contributed by atoms with Crippen molar-refractivity contribution in [3.8, 4) is 0 Å². The minimum absolute atomic E-state index is 0.182. The van der Waals surface area contributed by atoms with E-state index < -0.39 is 0 Å². The largest absolute Gasteiger partial charge is 0.350 e. The van der Waals surface area contributed by atoms with Crippen LogP contribution in [0.4, 0.5) is 0 Å². The zero-order chi connectivity index (χ0) is 14.7. The summed E-state index contributed by atoms with van der Waals surface area (Å²) in [6.45, 7) is 0.562. The molecular weight excluding hydrogens is 286 g/mol. The van der Waals surface area contributed by atoms with Crippen molar-refractivity contribution in [1.29, 1.82) is 0 Å². The first-order valence-electron chi connectivity index (χ1n) is 7.08. The Balaban J connectivity index is 1.50. The van der Waals surface area contributed by atoms with E-state index in [1.165, 1.54) is 12.8 Å². The van der Waals surface area contributed by atoms with Gasteiger partial charge in [0.2, 0.25) is 0 Å². The van der Waals surface area contributed by atoms with Gasteiger partial charge in [-0.25, -0.2) is 0 Å². The molecule has 1 saturated carbocycles. The van der Waals surface area contributed by atoms with Gasteiger partial charge in [0.1, 0.15) is 0 Å². The van der Waals surface area contributed by atoms with Gasteiger partial charge in [-0.2, -0.15) is 5.10 Å². The second-order valence-electron chi connectivity index (χ2n) is 5.25. The smallest absolute Gasteiger partial charge is 0.271 e. The molecule has 0 aliphatic heterocycles. The van der Waals surface area contributed by atoms with Gasteiger partial charge in [0, 0.05) is 17.5 Å². The number of aromatic nitrogens is 2. The Kier molecular flexibility index (Phi) is 4.15. The van der Waals surface area contributed by atoms with Crippen molar-refractivity contribution in [2.45, 2.75) is 25.2 Å². The summed E-state index contributed by atoms with van der Waals surface area (Å²) < 4.78 is 0.